The van der Waals surface area contributed by atoms with E-state index in [1.165, 1.54) is 27.4 Å². The second-order valence-electron chi connectivity index (χ2n) is 5.41. The van der Waals surface area contributed by atoms with Gasteiger partial charge in [-0.15, -0.1) is 0 Å². The monoisotopic (exact) mass is 341 g/mol. The molecular weight excluding hydrogens is 318 g/mol. The van der Waals surface area contributed by atoms with Crippen molar-refractivity contribution in [2.75, 3.05) is 21.3 Å². The van der Waals surface area contributed by atoms with Crippen LogP contribution in [-0.2, 0) is 0 Å². The fourth-order valence-electron chi connectivity index (χ4n) is 2.43. The third kappa shape index (κ3) is 4.53. The zero-order valence-corrected chi connectivity index (χ0v) is 14.9. The summed E-state index contributed by atoms with van der Waals surface area (Å²) in [6.07, 6.45) is 3.14. The smallest absolute Gasteiger partial charge is 0.203 e. The summed E-state index contributed by atoms with van der Waals surface area (Å²) in [6, 6.07) is 13.4. The van der Waals surface area contributed by atoms with Crippen LogP contribution >= 0.6 is 0 Å². The Morgan fingerprint density at radius 2 is 1.60 bits per heavy atom. The zero-order chi connectivity index (χ0) is 18.2. The molecule has 0 aliphatic rings. The van der Waals surface area contributed by atoms with Gasteiger partial charge in [-0.1, -0.05) is 30.3 Å². The highest BCUT2D eigenvalue weighted by Crippen LogP contribution is 2.38. The fourth-order valence-corrected chi connectivity index (χ4v) is 2.43. The zero-order valence-electron chi connectivity index (χ0n) is 14.9. The van der Waals surface area contributed by atoms with Crippen LogP contribution in [0, 0.1) is 0 Å². The lowest BCUT2D eigenvalue weighted by molar-refractivity contribution is 0.104. The largest absolute Gasteiger partial charge is 0.493 e. The van der Waals surface area contributed by atoms with E-state index < -0.39 is 0 Å². The molecule has 2 aromatic carbocycles. The lowest BCUT2D eigenvalue weighted by Gasteiger charge is -2.13. The molecule has 25 heavy (non-hydrogen) atoms. The van der Waals surface area contributed by atoms with Gasteiger partial charge in [0, 0.05) is 23.9 Å². The molecule has 0 bridgehead atoms. The van der Waals surface area contributed by atoms with Crippen LogP contribution in [0.1, 0.15) is 28.9 Å². The Bertz CT molecular complexity index is 716. The molecule has 0 saturated heterocycles. The van der Waals surface area contributed by atoms with Crippen molar-refractivity contribution in [3.63, 3.8) is 0 Å². The van der Waals surface area contributed by atoms with Gasteiger partial charge in [-0.2, -0.15) is 0 Å². The summed E-state index contributed by atoms with van der Waals surface area (Å²) in [7, 11) is 4.56. The Kier molecular flexibility index (Phi) is 6.46. The topological polar surface area (TPSA) is 56.8 Å². The molecule has 0 aliphatic carbocycles. The van der Waals surface area contributed by atoms with E-state index >= 15 is 0 Å². The molecule has 0 aliphatic heterocycles. The van der Waals surface area contributed by atoms with Gasteiger partial charge in [0.15, 0.2) is 17.3 Å². The van der Waals surface area contributed by atoms with E-state index in [2.05, 4.69) is 5.32 Å². The summed E-state index contributed by atoms with van der Waals surface area (Å²) >= 11 is 0. The summed E-state index contributed by atoms with van der Waals surface area (Å²) in [6.45, 7) is 2.03. The molecule has 5 heteroatoms. The highest BCUT2D eigenvalue weighted by atomic mass is 16.5. The fraction of sp³-hybridized carbons (Fsp3) is 0.250. The van der Waals surface area contributed by atoms with Crippen molar-refractivity contribution in [3.8, 4) is 17.2 Å². The second kappa shape index (κ2) is 8.78. The van der Waals surface area contributed by atoms with E-state index in [1.807, 2.05) is 37.3 Å². The third-order valence-electron chi connectivity index (χ3n) is 3.83. The minimum absolute atomic E-state index is 0.102. The van der Waals surface area contributed by atoms with Gasteiger partial charge in [-0.25, -0.2) is 0 Å². The Balaban J connectivity index is 2.12. The molecule has 0 fully saturated rings. The lowest BCUT2D eigenvalue weighted by Crippen LogP contribution is -2.12. The average Bonchev–Trinajstić information content (AvgIpc) is 2.67. The quantitative estimate of drug-likeness (QED) is 0.585. The molecule has 1 atom stereocenters. The van der Waals surface area contributed by atoms with Crippen molar-refractivity contribution in [3.05, 3.63) is 65.9 Å². The van der Waals surface area contributed by atoms with Crippen LogP contribution in [-0.4, -0.2) is 27.1 Å². The molecule has 5 nitrogen and oxygen atoms in total. The summed E-state index contributed by atoms with van der Waals surface area (Å²) in [5.74, 6) is 1.20. The molecule has 0 amide bonds. The predicted molar refractivity (Wildman–Crippen MR) is 97.6 cm³/mol. The highest BCUT2D eigenvalue weighted by molar-refractivity contribution is 6.05. The second-order valence-corrected chi connectivity index (χ2v) is 5.41. The van der Waals surface area contributed by atoms with Crippen LogP contribution in [0.4, 0.5) is 0 Å². The van der Waals surface area contributed by atoms with Crippen LogP contribution in [0.3, 0.4) is 0 Å². The number of ketones is 1. The molecule has 0 unspecified atom stereocenters. The number of carbonyl (C=O) groups excluding carboxylic acids is 1. The first-order valence-corrected chi connectivity index (χ1v) is 7.92. The van der Waals surface area contributed by atoms with E-state index in [0.717, 1.165) is 5.56 Å². The summed E-state index contributed by atoms with van der Waals surface area (Å²) in [4.78, 5) is 12.4. The van der Waals surface area contributed by atoms with Gasteiger partial charge >= 0.3 is 0 Å². The molecule has 0 aromatic heterocycles. The van der Waals surface area contributed by atoms with Gasteiger partial charge < -0.3 is 19.5 Å². The third-order valence-corrected chi connectivity index (χ3v) is 3.83. The molecule has 132 valence electrons. The number of nitrogens with one attached hydrogen (secondary N) is 1. The minimum atomic E-state index is -0.160. The first kappa shape index (κ1) is 18.4. The Hall–Kier alpha value is -2.95. The van der Waals surface area contributed by atoms with Gasteiger partial charge in [-0.3, -0.25) is 4.79 Å². The minimum Gasteiger partial charge on any atom is -0.493 e. The van der Waals surface area contributed by atoms with Crippen molar-refractivity contribution in [1.82, 2.24) is 5.32 Å². The van der Waals surface area contributed by atoms with Crippen molar-refractivity contribution in [1.29, 1.82) is 0 Å². The Morgan fingerprint density at radius 1 is 1.00 bits per heavy atom. The molecule has 0 saturated carbocycles. The maximum atomic E-state index is 12.4. The van der Waals surface area contributed by atoms with Crippen molar-refractivity contribution in [2.45, 2.75) is 13.0 Å². The van der Waals surface area contributed by atoms with E-state index in [9.17, 15) is 4.79 Å². The first-order valence-electron chi connectivity index (χ1n) is 7.92. The van der Waals surface area contributed by atoms with Crippen LogP contribution in [0.15, 0.2) is 54.7 Å². The van der Waals surface area contributed by atoms with Crippen molar-refractivity contribution >= 4 is 5.78 Å². The molecule has 2 rings (SSSR count). The maximum Gasteiger partial charge on any atom is 0.203 e. The SMILES string of the molecule is COc1cc(C(=O)/C=C/N[C@@H](C)c2ccccc2)cc(OC)c1OC. The van der Waals surface area contributed by atoms with E-state index in [4.69, 9.17) is 14.2 Å². The molecule has 0 spiro atoms. The Labute approximate surface area is 148 Å². The van der Waals surface area contributed by atoms with E-state index in [1.54, 1.807) is 18.3 Å². The van der Waals surface area contributed by atoms with Gasteiger partial charge in [0.2, 0.25) is 5.75 Å². The lowest BCUT2D eigenvalue weighted by atomic mass is 10.1. The van der Waals surface area contributed by atoms with Crippen LogP contribution in [0.25, 0.3) is 0 Å². The van der Waals surface area contributed by atoms with Crippen LogP contribution in [0.5, 0.6) is 17.2 Å². The number of benzene rings is 2. The molecule has 2 aromatic rings. The number of hydrogen-bond donors (Lipinski definition) is 1. The van der Waals surface area contributed by atoms with Crippen molar-refractivity contribution in [2.24, 2.45) is 0 Å². The normalized spacial score (nSPS) is 11.8. The summed E-state index contributed by atoms with van der Waals surface area (Å²) in [5.41, 5.74) is 1.60. The molecular formula is C20H23NO4. The predicted octanol–water partition coefficient (Wildman–Crippen LogP) is 3.76. The van der Waals surface area contributed by atoms with Gasteiger partial charge in [-0.05, 0) is 24.6 Å². The first-order chi connectivity index (χ1) is 12.1. The van der Waals surface area contributed by atoms with E-state index in [-0.39, 0.29) is 11.8 Å². The van der Waals surface area contributed by atoms with Gasteiger partial charge in [0.1, 0.15) is 0 Å². The average molecular weight is 341 g/mol. The number of methoxy groups -OCH3 is 3. The number of rotatable bonds is 8. The number of allylic oxidation sites excluding steroid dienone is 1. The Morgan fingerprint density at radius 3 is 2.12 bits per heavy atom. The molecule has 0 heterocycles. The van der Waals surface area contributed by atoms with Gasteiger partial charge in [0.05, 0.1) is 21.3 Å². The van der Waals surface area contributed by atoms with Crippen LogP contribution < -0.4 is 19.5 Å². The molecule has 0 radical (unpaired) electrons. The summed E-state index contributed by atoms with van der Waals surface area (Å²) in [5, 5.41) is 3.19. The standard InChI is InChI=1S/C20H23NO4/c1-14(15-8-6-5-7-9-15)21-11-10-17(22)16-12-18(23-2)20(25-4)19(13-16)24-3/h5-14,21H,1-4H3/b11-10+/t14-/m0/s1. The van der Waals surface area contributed by atoms with Crippen molar-refractivity contribution < 1.29 is 19.0 Å². The number of hydrogen-bond acceptors (Lipinski definition) is 5. The number of ether oxygens (including phenoxy) is 3. The van der Waals surface area contributed by atoms with E-state index in [0.29, 0.717) is 22.8 Å². The molecule has 1 N–H and O–H groups in total. The van der Waals surface area contributed by atoms with Crippen LogP contribution in [0.2, 0.25) is 0 Å². The number of carbonyl (C=O) groups is 1. The maximum absolute atomic E-state index is 12.4. The highest BCUT2D eigenvalue weighted by Gasteiger charge is 2.15. The van der Waals surface area contributed by atoms with Gasteiger partial charge in [0.25, 0.3) is 0 Å². The summed E-state index contributed by atoms with van der Waals surface area (Å²) < 4.78 is 15.8.